The Labute approximate surface area is 124 Å². The number of rotatable bonds is 3. The zero-order valence-electron chi connectivity index (χ0n) is 8.74. The lowest BCUT2D eigenvalue weighted by atomic mass is 10.2. The molecule has 0 unspecified atom stereocenters. The lowest BCUT2D eigenvalue weighted by Crippen LogP contribution is -1.92. The molecule has 0 aliphatic heterocycles. The van der Waals surface area contributed by atoms with E-state index in [-0.39, 0.29) is 5.75 Å². The molecule has 1 aromatic carbocycles. The first-order valence-electron chi connectivity index (χ1n) is 4.68. The highest BCUT2D eigenvalue weighted by Gasteiger charge is 2.04. The van der Waals surface area contributed by atoms with E-state index >= 15 is 0 Å². The van der Waals surface area contributed by atoms with E-state index in [1.54, 1.807) is 18.3 Å². The Balaban J connectivity index is 2.12. The van der Waals surface area contributed by atoms with Crippen molar-refractivity contribution in [2.45, 2.75) is 0 Å². The van der Waals surface area contributed by atoms with Crippen molar-refractivity contribution in [2.24, 2.45) is 5.10 Å². The second kappa shape index (κ2) is 5.63. The molecule has 94 valence electrons. The fourth-order valence-electron chi connectivity index (χ4n) is 1.15. The van der Waals surface area contributed by atoms with E-state index < -0.39 is 0 Å². The molecule has 4 N–H and O–H groups in total. The van der Waals surface area contributed by atoms with Crippen LogP contribution in [0.4, 0.5) is 5.95 Å². The second-order valence-electron chi connectivity index (χ2n) is 3.22. The van der Waals surface area contributed by atoms with Crippen LogP contribution in [0.25, 0.3) is 0 Å². The van der Waals surface area contributed by atoms with Crippen LogP contribution in [0, 0.1) is 4.77 Å². The Morgan fingerprint density at radius 2 is 2.00 bits per heavy atom. The molecule has 9 heteroatoms. The van der Waals surface area contributed by atoms with Crippen LogP contribution >= 0.6 is 44.1 Å². The fraction of sp³-hybridized carbons (Fsp3) is 0. The number of nitrogens with zero attached hydrogens (tertiary/aromatic N) is 2. The average Bonchev–Trinajstić information content (AvgIpc) is 2.72. The number of aromatic amines is 2. The first-order chi connectivity index (χ1) is 8.56. The van der Waals surface area contributed by atoms with Gasteiger partial charge in [0.2, 0.25) is 10.7 Å². The Bertz CT molecular complexity index is 627. The third kappa shape index (κ3) is 3.18. The summed E-state index contributed by atoms with van der Waals surface area (Å²) in [6.45, 7) is 0. The first kappa shape index (κ1) is 13.2. The molecule has 0 bridgehead atoms. The largest absolute Gasteiger partial charge is 0.506 e. The summed E-state index contributed by atoms with van der Waals surface area (Å²) >= 11 is 11.3. The maximum atomic E-state index is 9.55. The zero-order valence-corrected chi connectivity index (χ0v) is 12.7. The number of benzene rings is 1. The Morgan fingerprint density at radius 1 is 1.33 bits per heavy atom. The molecule has 0 fully saturated rings. The summed E-state index contributed by atoms with van der Waals surface area (Å²) in [5, 5.41) is 18.9. The minimum Gasteiger partial charge on any atom is -0.506 e. The van der Waals surface area contributed by atoms with Crippen LogP contribution < -0.4 is 5.43 Å². The summed E-state index contributed by atoms with van der Waals surface area (Å²) in [7, 11) is 0. The molecule has 0 radical (unpaired) electrons. The normalized spacial score (nSPS) is 11.0. The van der Waals surface area contributed by atoms with Gasteiger partial charge >= 0.3 is 0 Å². The van der Waals surface area contributed by atoms with E-state index in [1.807, 2.05) is 0 Å². The summed E-state index contributed by atoms with van der Waals surface area (Å²) in [4.78, 5) is 3.91. The number of aromatic nitrogens is 3. The van der Waals surface area contributed by atoms with Crippen molar-refractivity contribution in [3.8, 4) is 5.75 Å². The van der Waals surface area contributed by atoms with Gasteiger partial charge in [-0.05, 0) is 61.8 Å². The van der Waals surface area contributed by atoms with Crippen molar-refractivity contribution in [2.75, 3.05) is 5.43 Å². The number of hydrazone groups is 1. The molecule has 2 rings (SSSR count). The Hall–Kier alpha value is -1.19. The molecule has 6 nitrogen and oxygen atoms in total. The third-order valence-corrected chi connectivity index (χ3v) is 3.33. The summed E-state index contributed by atoms with van der Waals surface area (Å²) < 4.78 is 1.51. The lowest BCUT2D eigenvalue weighted by molar-refractivity contribution is 0.468. The number of hydrogen-bond acceptors (Lipinski definition) is 5. The molecule has 18 heavy (non-hydrogen) atoms. The van der Waals surface area contributed by atoms with Crippen molar-refractivity contribution in [1.29, 1.82) is 0 Å². The molecule has 0 saturated heterocycles. The molecule has 0 saturated carbocycles. The van der Waals surface area contributed by atoms with Crippen molar-refractivity contribution < 1.29 is 5.11 Å². The highest BCUT2D eigenvalue weighted by molar-refractivity contribution is 9.11. The number of phenolic OH excluding ortho intramolecular Hbond substituents is 1. The summed E-state index contributed by atoms with van der Waals surface area (Å²) in [6, 6.07) is 3.47. The van der Waals surface area contributed by atoms with Gasteiger partial charge in [0.05, 0.1) is 15.2 Å². The van der Waals surface area contributed by atoms with Crippen molar-refractivity contribution in [3.63, 3.8) is 0 Å². The van der Waals surface area contributed by atoms with E-state index in [9.17, 15) is 5.11 Å². The number of aromatic hydroxyl groups is 1. The van der Waals surface area contributed by atoms with Crippen LogP contribution in [0.2, 0.25) is 0 Å². The zero-order chi connectivity index (χ0) is 13.1. The fourth-order valence-corrected chi connectivity index (χ4v) is 2.51. The van der Waals surface area contributed by atoms with Gasteiger partial charge in [0, 0.05) is 0 Å². The highest BCUT2D eigenvalue weighted by atomic mass is 79.9. The van der Waals surface area contributed by atoms with Crippen molar-refractivity contribution in [1.82, 2.24) is 15.2 Å². The average molecular weight is 393 g/mol. The molecule has 0 aliphatic carbocycles. The van der Waals surface area contributed by atoms with Crippen LogP contribution in [0.1, 0.15) is 5.56 Å². The first-order valence-corrected chi connectivity index (χ1v) is 6.67. The van der Waals surface area contributed by atoms with E-state index in [0.717, 1.165) is 5.56 Å². The van der Waals surface area contributed by atoms with Crippen LogP contribution in [-0.2, 0) is 0 Å². The van der Waals surface area contributed by atoms with Gasteiger partial charge in [0.1, 0.15) is 5.75 Å². The predicted octanol–water partition coefficient (Wildman–Crippen LogP) is 3.14. The Morgan fingerprint density at radius 3 is 2.56 bits per heavy atom. The summed E-state index contributed by atoms with van der Waals surface area (Å²) in [5.41, 5.74) is 3.48. The van der Waals surface area contributed by atoms with Gasteiger partial charge in [-0.15, -0.1) is 0 Å². The van der Waals surface area contributed by atoms with Gasteiger partial charge in [-0.1, -0.05) is 0 Å². The van der Waals surface area contributed by atoms with Gasteiger partial charge in [0.25, 0.3) is 0 Å². The standard InChI is InChI=1S/C9H7Br2N5OS/c10-5-1-4(2-6(11)7(5)17)3-12-14-8-13-9(18)16-15-8/h1-3,17H,(H3,13,14,15,16,18)/b12-3-. The number of nitrogens with one attached hydrogen (secondary N) is 3. The quantitative estimate of drug-likeness (QED) is 0.367. The summed E-state index contributed by atoms with van der Waals surface area (Å²) in [5.74, 6) is 0.574. The maximum Gasteiger partial charge on any atom is 0.238 e. The lowest BCUT2D eigenvalue weighted by Gasteiger charge is -2.01. The third-order valence-electron chi connectivity index (χ3n) is 1.92. The molecule has 1 heterocycles. The minimum atomic E-state index is 0.150. The van der Waals surface area contributed by atoms with Crippen LogP contribution in [0.5, 0.6) is 5.75 Å². The van der Waals surface area contributed by atoms with Crippen LogP contribution in [-0.4, -0.2) is 26.5 Å². The van der Waals surface area contributed by atoms with Crippen molar-refractivity contribution in [3.05, 3.63) is 31.4 Å². The molecule has 0 atom stereocenters. The predicted molar refractivity (Wildman–Crippen MR) is 78.5 cm³/mol. The number of phenols is 1. The SMILES string of the molecule is Oc1c(Br)cc(/C=N\Nc2nc(=S)[nH][nH]2)cc1Br. The van der Waals surface area contributed by atoms with Crippen molar-refractivity contribution >= 4 is 56.2 Å². The molecule has 0 amide bonds. The number of anilines is 1. The smallest absolute Gasteiger partial charge is 0.238 e. The van der Waals surface area contributed by atoms with Crippen LogP contribution in [0.15, 0.2) is 26.2 Å². The van der Waals surface area contributed by atoms with Gasteiger partial charge in [-0.2, -0.15) is 10.1 Å². The monoisotopic (exact) mass is 391 g/mol. The van der Waals surface area contributed by atoms with Gasteiger partial charge in [0.15, 0.2) is 0 Å². The topological polar surface area (TPSA) is 89.1 Å². The molecule has 0 aliphatic rings. The number of H-pyrrole nitrogens is 2. The molecular formula is C9H7Br2N5OS. The van der Waals surface area contributed by atoms with Crippen LogP contribution in [0.3, 0.4) is 0 Å². The van der Waals surface area contributed by atoms with E-state index in [2.05, 4.69) is 57.6 Å². The molecular weight excluding hydrogens is 386 g/mol. The molecule has 0 spiro atoms. The molecule has 2 aromatic rings. The number of hydrogen-bond donors (Lipinski definition) is 4. The Kier molecular flexibility index (Phi) is 4.15. The van der Waals surface area contributed by atoms with Gasteiger partial charge in [-0.25, -0.2) is 5.43 Å². The van der Waals surface area contributed by atoms with E-state index in [4.69, 9.17) is 12.2 Å². The summed E-state index contributed by atoms with van der Waals surface area (Å²) in [6.07, 6.45) is 1.58. The van der Waals surface area contributed by atoms with E-state index in [1.165, 1.54) is 0 Å². The number of halogens is 2. The minimum absolute atomic E-state index is 0.150. The maximum absolute atomic E-state index is 9.55. The molecule has 1 aromatic heterocycles. The van der Waals surface area contributed by atoms with Gasteiger partial charge in [-0.3, -0.25) is 10.2 Å². The second-order valence-corrected chi connectivity index (χ2v) is 5.31. The van der Waals surface area contributed by atoms with Gasteiger partial charge < -0.3 is 5.11 Å². The highest BCUT2D eigenvalue weighted by Crippen LogP contribution is 2.32. The van der Waals surface area contributed by atoms with E-state index in [0.29, 0.717) is 19.7 Å².